The SMILES string of the molecule is CC(C)C1N(c2ccccc2)[C]([RaH])=NN1C(C)C. The van der Waals surface area contributed by atoms with E-state index < -0.39 is 0 Å². The topological polar surface area (TPSA) is 18.8 Å². The third-order valence-electron chi connectivity index (χ3n) is 3.30. The molecule has 0 saturated heterocycles. The van der Waals surface area contributed by atoms with Gasteiger partial charge in [-0.15, -0.1) is 0 Å². The van der Waals surface area contributed by atoms with Gasteiger partial charge >= 0.3 is 141 Å². The van der Waals surface area contributed by atoms with Crippen LogP contribution in [0.4, 0.5) is 5.69 Å². The molecular weight excluding hydrogens is 436 g/mol. The van der Waals surface area contributed by atoms with Crippen LogP contribution in [0.3, 0.4) is 0 Å². The van der Waals surface area contributed by atoms with Crippen molar-refractivity contribution in [3.05, 3.63) is 30.3 Å². The minimum atomic E-state index is 0.245. The molecule has 1 heterocycles. The molecule has 0 aromatic heterocycles. The minimum absolute atomic E-state index is 0.245. The number of hydrazone groups is 1. The quantitative estimate of drug-likeness (QED) is 0.696. The van der Waals surface area contributed by atoms with E-state index in [-0.39, 0.29) is 42.8 Å². The predicted octanol–water partition coefficient (Wildman–Crippen LogP) is 2.75. The van der Waals surface area contributed by atoms with E-state index >= 15 is 0 Å². The first kappa shape index (κ1) is 14.4. The second-order valence-corrected chi connectivity index (χ2v) is 9.16. The summed E-state index contributed by atoms with van der Waals surface area (Å²) in [6.45, 7) is 9.00. The maximum atomic E-state index is 4.83. The summed E-state index contributed by atoms with van der Waals surface area (Å²) in [5.74, 6) is 0.559. The van der Waals surface area contributed by atoms with Gasteiger partial charge in [0.15, 0.2) is 0 Å². The summed E-state index contributed by atoms with van der Waals surface area (Å²) in [6, 6.07) is 11.1. The molecular formula is C14H21N3Ra. The Morgan fingerprint density at radius 1 is 1.11 bits per heavy atom. The number of hydrogen-bond acceptors (Lipinski definition) is 3. The number of hydrogen-bond donors (Lipinski definition) is 0. The van der Waals surface area contributed by atoms with E-state index in [2.05, 4.69) is 67.9 Å². The Hall–Kier alpha value is -0.0425. The van der Waals surface area contributed by atoms with Crippen LogP contribution in [0.15, 0.2) is 35.4 Å². The summed E-state index contributed by atoms with van der Waals surface area (Å²) in [5.41, 5.74) is 1.28. The zero-order valence-corrected chi connectivity index (χ0v) is 20.2. The summed E-state index contributed by atoms with van der Waals surface area (Å²) >= 11 is 0.245. The van der Waals surface area contributed by atoms with Gasteiger partial charge in [0.2, 0.25) is 0 Å². The molecule has 2 rings (SSSR count). The van der Waals surface area contributed by atoms with Crippen LogP contribution < -0.4 is 4.90 Å². The van der Waals surface area contributed by atoms with Gasteiger partial charge in [-0.25, -0.2) is 0 Å². The second kappa shape index (κ2) is 5.94. The zero-order valence-electron chi connectivity index (χ0n) is 12.0. The molecule has 0 aliphatic carbocycles. The third kappa shape index (κ3) is 2.76. The number of rotatable bonds is 3. The first-order chi connectivity index (χ1) is 8.52. The molecule has 1 aliphatic heterocycles. The van der Waals surface area contributed by atoms with Crippen molar-refractivity contribution in [2.45, 2.75) is 39.9 Å². The van der Waals surface area contributed by atoms with Gasteiger partial charge in [-0.2, -0.15) is 0 Å². The maximum absolute atomic E-state index is 4.83. The average molecular weight is 457 g/mol. The van der Waals surface area contributed by atoms with Gasteiger partial charge in [-0.3, -0.25) is 0 Å². The standard InChI is InChI=1S/C14H20N3.Ra.H/c1-11(2)14-16(10-15-17(14)12(3)4)13-8-6-5-7-9-13;;/h5-9,11-12,14H,1-4H3;;. The van der Waals surface area contributed by atoms with Crippen LogP contribution in [0.25, 0.3) is 0 Å². The molecule has 0 saturated carbocycles. The molecule has 3 nitrogen and oxygen atoms in total. The van der Waals surface area contributed by atoms with E-state index in [1.54, 1.807) is 0 Å². The predicted molar refractivity (Wildman–Crippen MR) is 73.4 cm³/mol. The van der Waals surface area contributed by atoms with Gasteiger partial charge in [-0.05, 0) is 0 Å². The summed E-state index contributed by atoms with van der Waals surface area (Å²) in [7, 11) is 0. The molecule has 1 unspecified atom stereocenters. The number of anilines is 1. The Labute approximate surface area is 139 Å². The molecule has 0 spiro atoms. The molecule has 1 aliphatic rings. The number of benzene rings is 1. The summed E-state index contributed by atoms with van der Waals surface area (Å²) < 4.78 is 1.31. The molecule has 1 aromatic carbocycles. The normalized spacial score (nSPS) is 19.8. The first-order valence-corrected chi connectivity index (χ1v) is 10.8. The van der Waals surface area contributed by atoms with Crippen LogP contribution in [-0.4, -0.2) is 18.1 Å². The molecule has 94 valence electrons. The Morgan fingerprint density at radius 2 is 1.72 bits per heavy atom. The molecule has 4 heteroatoms. The van der Waals surface area contributed by atoms with Crippen LogP contribution in [-0.2, 0) is 0 Å². The van der Waals surface area contributed by atoms with Crippen molar-refractivity contribution >= 4 is 6.56 Å². The monoisotopic (exact) mass is 457 g/mol. The zero-order chi connectivity index (χ0) is 13.3. The Morgan fingerprint density at radius 3 is 2.22 bits per heavy atom. The van der Waals surface area contributed by atoms with Crippen molar-refractivity contribution in [2.24, 2.45) is 11.0 Å². The van der Waals surface area contributed by atoms with Crippen LogP contribution in [0.5, 0.6) is 0 Å². The van der Waals surface area contributed by atoms with Gasteiger partial charge in [-0.1, -0.05) is 0 Å². The van der Waals surface area contributed by atoms with Crippen molar-refractivity contribution in [3.63, 3.8) is 0 Å². The van der Waals surface area contributed by atoms with Crippen LogP contribution in [0.2, 0.25) is 0 Å². The van der Waals surface area contributed by atoms with Crippen molar-refractivity contribution in [2.75, 3.05) is 4.90 Å². The number of para-hydroxylation sites is 1. The van der Waals surface area contributed by atoms with Crippen LogP contribution in [0.1, 0.15) is 27.7 Å². The van der Waals surface area contributed by atoms with Crippen molar-refractivity contribution in [1.82, 2.24) is 5.01 Å². The number of amidine groups is 1. The molecule has 18 heavy (non-hydrogen) atoms. The first-order valence-electron chi connectivity index (χ1n) is 6.70. The van der Waals surface area contributed by atoms with Crippen molar-refractivity contribution < 1.29 is 42.8 Å². The summed E-state index contributed by atoms with van der Waals surface area (Å²) in [5, 5.41) is 7.10. The van der Waals surface area contributed by atoms with Gasteiger partial charge < -0.3 is 0 Å². The fourth-order valence-corrected chi connectivity index (χ4v) is 5.63. The van der Waals surface area contributed by atoms with Crippen LogP contribution in [0, 0.1) is 48.7 Å². The number of nitrogens with zero attached hydrogens (tertiary/aromatic N) is 3. The van der Waals surface area contributed by atoms with Gasteiger partial charge in [0.25, 0.3) is 0 Å². The Kier molecular flexibility index (Phi) is 4.74. The average Bonchev–Trinajstić information content (AvgIpc) is 2.68. The molecule has 1 atom stereocenters. The van der Waals surface area contributed by atoms with Crippen LogP contribution >= 0.6 is 0 Å². The molecule has 0 amide bonds. The van der Waals surface area contributed by atoms with E-state index in [1.165, 1.54) is 6.56 Å². The Balaban J connectivity index is 2.37. The van der Waals surface area contributed by atoms with Gasteiger partial charge in [0.05, 0.1) is 0 Å². The van der Waals surface area contributed by atoms with E-state index in [1.807, 2.05) is 0 Å². The molecule has 0 N–H and O–H groups in total. The molecule has 1 aromatic rings. The van der Waals surface area contributed by atoms with E-state index in [0.29, 0.717) is 18.1 Å². The fraction of sp³-hybridized carbons (Fsp3) is 0.500. The molecule has 0 radical (unpaired) electrons. The molecule has 0 fully saturated rings. The van der Waals surface area contributed by atoms with E-state index in [0.717, 1.165) is 0 Å². The second-order valence-electron chi connectivity index (χ2n) is 5.48. The Bertz CT molecular complexity index is 428. The third-order valence-corrected chi connectivity index (χ3v) is 6.11. The summed E-state index contributed by atoms with van der Waals surface area (Å²) in [4.78, 5) is 2.44. The van der Waals surface area contributed by atoms with E-state index in [9.17, 15) is 0 Å². The summed E-state index contributed by atoms with van der Waals surface area (Å²) in [6.07, 6.45) is 0.370. The van der Waals surface area contributed by atoms with Crippen molar-refractivity contribution in [1.29, 1.82) is 0 Å². The van der Waals surface area contributed by atoms with E-state index in [4.69, 9.17) is 5.10 Å². The molecule has 0 bridgehead atoms. The van der Waals surface area contributed by atoms with Crippen molar-refractivity contribution in [3.8, 4) is 0 Å². The van der Waals surface area contributed by atoms with Gasteiger partial charge in [0.1, 0.15) is 0 Å². The van der Waals surface area contributed by atoms with Gasteiger partial charge in [0, 0.05) is 0 Å². The fourth-order valence-electron chi connectivity index (χ4n) is 2.54.